The summed E-state index contributed by atoms with van der Waals surface area (Å²) in [6.07, 6.45) is -3.94. The van der Waals surface area contributed by atoms with Crippen molar-refractivity contribution in [3.8, 4) is 0 Å². The van der Waals surface area contributed by atoms with Crippen LogP contribution < -0.4 is 11.1 Å². The summed E-state index contributed by atoms with van der Waals surface area (Å²) in [7, 11) is 1.39. The van der Waals surface area contributed by atoms with Gasteiger partial charge in [-0.05, 0) is 25.1 Å². The van der Waals surface area contributed by atoms with Crippen LogP contribution in [0.25, 0.3) is 21.0 Å². The molecule has 150 valence electrons. The van der Waals surface area contributed by atoms with Gasteiger partial charge in [0, 0.05) is 34.3 Å². The smallest absolute Gasteiger partial charge is 0.446 e. The van der Waals surface area contributed by atoms with E-state index in [0.717, 1.165) is 26.7 Å². The number of hydrogen-bond acceptors (Lipinski definition) is 7. The Morgan fingerprint density at radius 2 is 2.07 bits per heavy atom. The van der Waals surface area contributed by atoms with Crippen LogP contribution in [0.5, 0.6) is 0 Å². The molecule has 0 aliphatic carbocycles. The van der Waals surface area contributed by atoms with Gasteiger partial charge >= 0.3 is 12.1 Å². The first-order valence-corrected chi connectivity index (χ1v) is 8.90. The number of aldehydes is 1. The largest absolute Gasteiger partial charge is 0.465 e. The number of carbonyl (C=O) groups excluding carboxylic acids is 2. The van der Waals surface area contributed by atoms with Gasteiger partial charge in [-0.2, -0.15) is 13.2 Å². The van der Waals surface area contributed by atoms with Crippen LogP contribution in [0.4, 0.5) is 18.9 Å². The predicted octanol–water partition coefficient (Wildman–Crippen LogP) is 3.74. The normalized spacial score (nSPS) is 12.2. The third-order valence-electron chi connectivity index (χ3n) is 3.54. The Morgan fingerprint density at radius 3 is 2.64 bits per heavy atom. The maximum Gasteiger partial charge on any atom is 0.446 e. The summed E-state index contributed by atoms with van der Waals surface area (Å²) in [6, 6.07) is 7.83. The van der Waals surface area contributed by atoms with Crippen LogP contribution in [0.2, 0.25) is 0 Å². The molecular weight excluding hydrogens is 395 g/mol. The number of halogens is 3. The maximum absolute atomic E-state index is 12.1. The lowest BCUT2D eigenvalue weighted by Gasteiger charge is -2.11. The summed E-state index contributed by atoms with van der Waals surface area (Å²) < 4.78 is 37.2. The molecule has 3 N–H and O–H groups in total. The second kappa shape index (κ2) is 8.98. The number of fused-ring (bicyclic) bond motifs is 3. The van der Waals surface area contributed by atoms with Gasteiger partial charge in [-0.3, -0.25) is 9.78 Å². The van der Waals surface area contributed by atoms with Crippen LogP contribution in [0.15, 0.2) is 30.5 Å². The molecule has 0 unspecified atom stereocenters. The highest BCUT2D eigenvalue weighted by Gasteiger charge is 2.25. The van der Waals surface area contributed by atoms with Crippen molar-refractivity contribution in [2.75, 3.05) is 19.0 Å². The molecule has 0 saturated heterocycles. The molecule has 28 heavy (non-hydrogen) atoms. The van der Waals surface area contributed by atoms with Gasteiger partial charge in [0.15, 0.2) is 0 Å². The van der Waals surface area contributed by atoms with Crippen LogP contribution in [-0.4, -0.2) is 43.1 Å². The van der Waals surface area contributed by atoms with Crippen molar-refractivity contribution in [2.24, 2.45) is 5.73 Å². The number of nitrogens with one attached hydrogen (secondary N) is 1. The number of pyridine rings is 1. The summed E-state index contributed by atoms with van der Waals surface area (Å²) in [4.78, 5) is 25.7. The quantitative estimate of drug-likeness (QED) is 0.500. The van der Waals surface area contributed by atoms with Crippen LogP contribution in [0.1, 0.15) is 16.6 Å². The van der Waals surface area contributed by atoms with E-state index in [1.165, 1.54) is 18.4 Å². The lowest BCUT2D eigenvalue weighted by Crippen LogP contribution is -2.25. The minimum atomic E-state index is -4.64. The Labute approximate surface area is 162 Å². The lowest BCUT2D eigenvalue weighted by molar-refractivity contribution is -0.156. The van der Waals surface area contributed by atoms with E-state index >= 15 is 0 Å². The number of hydrogen-bond donors (Lipinski definition) is 2. The highest BCUT2D eigenvalue weighted by atomic mass is 32.1. The number of nitrogens with zero attached hydrogens (tertiary/aromatic N) is 1. The molecular formula is C18H18F3N3O3S. The number of nitrogens with two attached hydrogens (primary N) is 1. The average molecular weight is 413 g/mol. The number of aromatic nitrogens is 1. The van der Waals surface area contributed by atoms with Gasteiger partial charge in [0.05, 0.1) is 18.3 Å². The molecule has 10 heteroatoms. The van der Waals surface area contributed by atoms with Crippen molar-refractivity contribution in [1.29, 1.82) is 0 Å². The molecule has 0 saturated carbocycles. The SMILES string of the molecule is COC(=O)c1sc2ccc3ncccc3c2c1NC[C@@H](C)N.O=CC(F)(F)F. The number of carbonyl (C=O) groups is 2. The Hall–Kier alpha value is -2.72. The van der Waals surface area contributed by atoms with Crippen LogP contribution in [-0.2, 0) is 9.53 Å². The number of rotatable bonds is 4. The topological polar surface area (TPSA) is 94.3 Å². The summed E-state index contributed by atoms with van der Waals surface area (Å²) in [6.45, 7) is 2.49. The molecule has 0 bridgehead atoms. The molecule has 2 heterocycles. The lowest BCUT2D eigenvalue weighted by atomic mass is 10.1. The molecule has 2 aromatic heterocycles. The number of thiophene rings is 1. The molecule has 0 amide bonds. The fraction of sp³-hybridized carbons (Fsp3) is 0.278. The first-order chi connectivity index (χ1) is 13.2. The highest BCUT2D eigenvalue weighted by molar-refractivity contribution is 7.21. The van der Waals surface area contributed by atoms with E-state index in [2.05, 4.69) is 10.3 Å². The van der Waals surface area contributed by atoms with E-state index < -0.39 is 12.5 Å². The summed E-state index contributed by atoms with van der Waals surface area (Å²) in [5, 5.41) is 5.31. The van der Waals surface area contributed by atoms with Gasteiger partial charge in [0.25, 0.3) is 0 Å². The van der Waals surface area contributed by atoms with Gasteiger partial charge in [0.1, 0.15) is 4.88 Å². The van der Waals surface area contributed by atoms with Crippen molar-refractivity contribution in [1.82, 2.24) is 4.98 Å². The molecule has 3 rings (SSSR count). The molecule has 1 aromatic carbocycles. The van der Waals surface area contributed by atoms with Crippen molar-refractivity contribution in [2.45, 2.75) is 19.1 Å². The van der Waals surface area contributed by atoms with Gasteiger partial charge < -0.3 is 15.8 Å². The standard InChI is InChI=1S/C16H17N3O2S.C2HF3O/c1-9(17)8-19-14-13-10-4-3-7-18-11(10)5-6-12(13)22-15(14)16(20)21-2;3-2(4,5)1-6/h3-7,9,19H,8,17H2,1-2H3;1H/t9-;/m1./s1. The second-order valence-corrected chi connectivity index (χ2v) is 6.88. The number of benzene rings is 1. The predicted molar refractivity (Wildman–Crippen MR) is 103 cm³/mol. The summed E-state index contributed by atoms with van der Waals surface area (Å²) in [5.41, 5.74) is 7.51. The Morgan fingerprint density at radius 1 is 1.39 bits per heavy atom. The molecule has 6 nitrogen and oxygen atoms in total. The van der Waals surface area contributed by atoms with Crippen molar-refractivity contribution in [3.63, 3.8) is 0 Å². The van der Waals surface area contributed by atoms with Gasteiger partial charge in [-0.15, -0.1) is 11.3 Å². The molecule has 0 aliphatic rings. The maximum atomic E-state index is 12.1. The zero-order chi connectivity index (χ0) is 20.9. The summed E-state index contributed by atoms with van der Waals surface area (Å²) in [5.74, 6) is -0.342. The number of anilines is 1. The van der Waals surface area contributed by atoms with Crippen molar-refractivity contribution < 1.29 is 27.5 Å². The third-order valence-corrected chi connectivity index (χ3v) is 4.68. The molecule has 0 radical (unpaired) electrons. The van der Waals surface area contributed by atoms with E-state index in [4.69, 9.17) is 15.3 Å². The van der Waals surface area contributed by atoms with Gasteiger partial charge in [-0.1, -0.05) is 6.07 Å². The number of methoxy groups -OCH3 is 1. The zero-order valence-corrected chi connectivity index (χ0v) is 15.9. The minimum Gasteiger partial charge on any atom is -0.465 e. The molecule has 0 aliphatic heterocycles. The first kappa shape index (κ1) is 21.6. The number of esters is 1. The Balaban J connectivity index is 0.000000409. The van der Waals surface area contributed by atoms with Gasteiger partial charge in [0.2, 0.25) is 6.29 Å². The average Bonchev–Trinajstić information content (AvgIpc) is 3.04. The molecule has 3 aromatic rings. The first-order valence-electron chi connectivity index (χ1n) is 8.09. The minimum absolute atomic E-state index is 0.0199. The Bertz CT molecular complexity index is 987. The molecule has 0 spiro atoms. The molecule has 0 fully saturated rings. The van der Waals surface area contributed by atoms with E-state index in [9.17, 15) is 18.0 Å². The fourth-order valence-electron chi connectivity index (χ4n) is 2.42. The second-order valence-electron chi connectivity index (χ2n) is 5.82. The summed E-state index contributed by atoms with van der Waals surface area (Å²) >= 11 is 1.42. The monoisotopic (exact) mass is 413 g/mol. The van der Waals surface area contributed by atoms with Crippen molar-refractivity contribution >= 4 is 50.3 Å². The van der Waals surface area contributed by atoms with Crippen LogP contribution in [0.3, 0.4) is 0 Å². The van der Waals surface area contributed by atoms with Crippen LogP contribution in [0, 0.1) is 0 Å². The van der Waals surface area contributed by atoms with E-state index in [1.54, 1.807) is 6.20 Å². The number of ether oxygens (including phenoxy) is 1. The fourth-order valence-corrected chi connectivity index (χ4v) is 3.53. The van der Waals surface area contributed by atoms with Gasteiger partial charge in [-0.25, -0.2) is 4.79 Å². The highest BCUT2D eigenvalue weighted by Crippen LogP contribution is 2.40. The van der Waals surface area contributed by atoms with Crippen LogP contribution >= 0.6 is 11.3 Å². The Kier molecular flexibility index (Phi) is 6.92. The van der Waals surface area contributed by atoms with E-state index in [-0.39, 0.29) is 12.0 Å². The number of alkyl halides is 3. The van der Waals surface area contributed by atoms with E-state index in [1.807, 2.05) is 31.2 Å². The third kappa shape index (κ3) is 5.17. The zero-order valence-electron chi connectivity index (χ0n) is 15.0. The van der Waals surface area contributed by atoms with Crippen molar-refractivity contribution in [3.05, 3.63) is 35.3 Å². The molecule has 1 atom stereocenters. The van der Waals surface area contributed by atoms with E-state index in [0.29, 0.717) is 11.4 Å².